The van der Waals surface area contributed by atoms with E-state index < -0.39 is 0 Å². The van der Waals surface area contributed by atoms with Gasteiger partial charge >= 0.3 is 0 Å². The number of ether oxygens (including phenoxy) is 1. The summed E-state index contributed by atoms with van der Waals surface area (Å²) < 4.78 is 4.54. The first-order valence-electron chi connectivity index (χ1n) is 9.34. The molecule has 0 saturated carbocycles. The summed E-state index contributed by atoms with van der Waals surface area (Å²) in [6, 6.07) is 10.6. The quantitative estimate of drug-likeness (QED) is 0.382. The first kappa shape index (κ1) is 26.5. The third-order valence-electron chi connectivity index (χ3n) is 3.65. The summed E-state index contributed by atoms with van der Waals surface area (Å²) in [4.78, 5) is 20.6. The molecule has 0 aliphatic carbocycles. The minimum Gasteiger partial charge on any atom is -0.390 e. The lowest BCUT2D eigenvalue weighted by Crippen LogP contribution is -2.24. The van der Waals surface area contributed by atoms with Crippen molar-refractivity contribution in [2.75, 3.05) is 45.7 Å². The van der Waals surface area contributed by atoms with Gasteiger partial charge in [-0.15, -0.1) is 0 Å². The standard InChI is InChI=1S/C11H19N5.C7H5ClO.C3H8O/c1-3-16(2)8-7-14-11-10(15-9-12)5-4-6-13-11;8-7-4-2-1-3-6(7)5-9;1-3-4-2/h4-6,9H,3,7-8H2,1-2H3,(H2,12,15)(H,13,14);1-5H;3H2,1-2H3. The van der Waals surface area contributed by atoms with Gasteiger partial charge in [0.15, 0.2) is 12.1 Å². The first-order chi connectivity index (χ1) is 14.0. The van der Waals surface area contributed by atoms with E-state index in [9.17, 15) is 4.79 Å². The largest absolute Gasteiger partial charge is 0.390 e. The van der Waals surface area contributed by atoms with Crippen molar-refractivity contribution < 1.29 is 9.53 Å². The van der Waals surface area contributed by atoms with Crippen molar-refractivity contribution in [2.45, 2.75) is 13.8 Å². The Balaban J connectivity index is 0.000000504. The number of rotatable bonds is 8. The van der Waals surface area contributed by atoms with E-state index in [2.05, 4.69) is 38.9 Å². The van der Waals surface area contributed by atoms with Crippen LogP contribution in [0, 0.1) is 0 Å². The van der Waals surface area contributed by atoms with E-state index >= 15 is 0 Å². The number of halogens is 1. The summed E-state index contributed by atoms with van der Waals surface area (Å²) in [5.74, 6) is 0.772. The number of aliphatic imine (C=N–C) groups is 1. The van der Waals surface area contributed by atoms with Gasteiger partial charge in [-0.1, -0.05) is 36.7 Å². The third-order valence-corrected chi connectivity index (χ3v) is 3.99. The number of benzene rings is 1. The number of carbonyl (C=O) groups is 1. The van der Waals surface area contributed by atoms with Crippen LogP contribution in [0.5, 0.6) is 0 Å². The van der Waals surface area contributed by atoms with Crippen molar-refractivity contribution >= 4 is 35.7 Å². The van der Waals surface area contributed by atoms with E-state index in [1.165, 1.54) is 6.34 Å². The van der Waals surface area contributed by atoms with E-state index in [0.717, 1.165) is 44.0 Å². The van der Waals surface area contributed by atoms with Crippen molar-refractivity contribution in [1.82, 2.24) is 9.88 Å². The van der Waals surface area contributed by atoms with Gasteiger partial charge in [-0.2, -0.15) is 0 Å². The molecule has 0 aliphatic rings. The number of methoxy groups -OCH3 is 1. The van der Waals surface area contributed by atoms with Crippen LogP contribution in [0.4, 0.5) is 11.5 Å². The Hall–Kier alpha value is -2.48. The van der Waals surface area contributed by atoms with Crippen molar-refractivity contribution in [3.8, 4) is 0 Å². The average molecular weight is 422 g/mol. The van der Waals surface area contributed by atoms with Crippen LogP contribution in [-0.2, 0) is 4.74 Å². The van der Waals surface area contributed by atoms with Gasteiger partial charge in [-0.05, 0) is 38.7 Å². The number of pyridine rings is 1. The zero-order valence-electron chi connectivity index (χ0n) is 17.6. The Morgan fingerprint density at radius 3 is 2.48 bits per heavy atom. The molecule has 7 nitrogen and oxygen atoms in total. The predicted octanol–water partition coefficient (Wildman–Crippen LogP) is 3.87. The fourth-order valence-electron chi connectivity index (χ4n) is 1.81. The Labute approximate surface area is 178 Å². The van der Waals surface area contributed by atoms with Crippen LogP contribution in [0.25, 0.3) is 0 Å². The van der Waals surface area contributed by atoms with Gasteiger partial charge in [0.25, 0.3) is 0 Å². The smallest absolute Gasteiger partial charge is 0.152 e. The number of hydrogen-bond donors (Lipinski definition) is 2. The molecule has 0 spiro atoms. The van der Waals surface area contributed by atoms with Crippen molar-refractivity contribution in [1.29, 1.82) is 0 Å². The number of likely N-dealkylation sites (N-methyl/N-ethyl adjacent to an activating group) is 1. The van der Waals surface area contributed by atoms with E-state index in [-0.39, 0.29) is 0 Å². The molecule has 0 atom stereocenters. The first-order valence-corrected chi connectivity index (χ1v) is 9.72. The molecule has 0 aliphatic heterocycles. The molecule has 1 heterocycles. The Kier molecular flexibility index (Phi) is 16.1. The normalized spacial score (nSPS) is 10.0. The van der Waals surface area contributed by atoms with Crippen LogP contribution >= 0.6 is 11.6 Å². The fourth-order valence-corrected chi connectivity index (χ4v) is 1.99. The van der Waals surface area contributed by atoms with Crippen molar-refractivity contribution in [3.05, 3.63) is 53.2 Å². The van der Waals surface area contributed by atoms with Crippen molar-refractivity contribution in [2.24, 2.45) is 10.7 Å². The zero-order chi connectivity index (χ0) is 21.9. The SMILES string of the molecule is CCN(C)CCNc1ncccc1N=CN.CCOC.O=Cc1ccccc1Cl. The van der Waals surface area contributed by atoms with Gasteiger partial charge in [-0.25, -0.2) is 9.98 Å². The lowest BCUT2D eigenvalue weighted by molar-refractivity contribution is 0.112. The molecule has 160 valence electrons. The monoisotopic (exact) mass is 421 g/mol. The third kappa shape index (κ3) is 12.6. The van der Waals surface area contributed by atoms with Gasteiger partial charge in [0.2, 0.25) is 0 Å². The molecule has 2 rings (SSSR count). The lowest BCUT2D eigenvalue weighted by Gasteiger charge is -2.14. The predicted molar refractivity (Wildman–Crippen MR) is 123 cm³/mol. The maximum atomic E-state index is 10.1. The van der Waals surface area contributed by atoms with Crippen molar-refractivity contribution in [3.63, 3.8) is 0 Å². The summed E-state index contributed by atoms with van der Waals surface area (Å²) in [6.45, 7) is 7.76. The summed E-state index contributed by atoms with van der Waals surface area (Å²) in [5.41, 5.74) is 6.58. The highest BCUT2D eigenvalue weighted by atomic mass is 35.5. The minimum atomic E-state index is 0.507. The topological polar surface area (TPSA) is 92.8 Å². The molecule has 2 aromatic rings. The highest BCUT2D eigenvalue weighted by Crippen LogP contribution is 2.20. The minimum absolute atomic E-state index is 0.507. The molecule has 8 heteroatoms. The molecular weight excluding hydrogens is 390 g/mol. The van der Waals surface area contributed by atoms with Crippen LogP contribution < -0.4 is 11.1 Å². The van der Waals surface area contributed by atoms with E-state index in [4.69, 9.17) is 17.3 Å². The average Bonchev–Trinajstić information content (AvgIpc) is 2.76. The molecular formula is C21H32ClN5O2. The molecule has 0 bridgehead atoms. The van der Waals surface area contributed by atoms with Gasteiger partial charge in [0.05, 0.1) is 11.4 Å². The van der Waals surface area contributed by atoms with Crippen LogP contribution in [0.2, 0.25) is 5.02 Å². The highest BCUT2D eigenvalue weighted by molar-refractivity contribution is 6.32. The Morgan fingerprint density at radius 2 is 1.97 bits per heavy atom. The zero-order valence-corrected chi connectivity index (χ0v) is 18.4. The van der Waals surface area contributed by atoms with E-state index in [1.807, 2.05) is 19.1 Å². The van der Waals surface area contributed by atoms with Crippen LogP contribution in [0.1, 0.15) is 24.2 Å². The number of nitrogens with one attached hydrogen (secondary N) is 1. The summed E-state index contributed by atoms with van der Waals surface area (Å²) >= 11 is 5.59. The van der Waals surface area contributed by atoms with E-state index in [1.54, 1.807) is 37.6 Å². The van der Waals surface area contributed by atoms with Gasteiger partial charge < -0.3 is 20.7 Å². The summed E-state index contributed by atoms with van der Waals surface area (Å²) in [6.07, 6.45) is 3.75. The Bertz CT molecular complexity index is 711. The fraction of sp³-hybridized carbons (Fsp3) is 0.381. The molecule has 0 radical (unpaired) electrons. The molecule has 29 heavy (non-hydrogen) atoms. The molecule has 0 unspecified atom stereocenters. The lowest BCUT2D eigenvalue weighted by atomic mass is 10.2. The van der Waals surface area contributed by atoms with Gasteiger partial charge in [0.1, 0.15) is 5.69 Å². The van der Waals surface area contributed by atoms with E-state index in [0.29, 0.717) is 10.6 Å². The molecule has 1 aromatic carbocycles. The van der Waals surface area contributed by atoms with Crippen LogP contribution in [-0.4, -0.2) is 62.9 Å². The van der Waals surface area contributed by atoms with Crippen LogP contribution in [0.15, 0.2) is 47.6 Å². The summed E-state index contributed by atoms with van der Waals surface area (Å²) in [5, 5.41) is 3.75. The number of nitrogens with two attached hydrogens (primary N) is 1. The molecule has 0 fully saturated rings. The number of anilines is 1. The molecule has 0 saturated heterocycles. The number of nitrogens with zero attached hydrogens (tertiary/aromatic N) is 3. The highest BCUT2D eigenvalue weighted by Gasteiger charge is 2.01. The Morgan fingerprint density at radius 1 is 1.28 bits per heavy atom. The number of hydrogen-bond acceptors (Lipinski definition) is 6. The molecule has 0 amide bonds. The van der Waals surface area contributed by atoms with Crippen LogP contribution in [0.3, 0.4) is 0 Å². The second-order valence-electron chi connectivity index (χ2n) is 5.69. The molecule has 3 N–H and O–H groups in total. The summed E-state index contributed by atoms with van der Waals surface area (Å²) in [7, 11) is 3.76. The van der Waals surface area contributed by atoms with Gasteiger partial charge in [0, 0.05) is 38.6 Å². The number of aldehydes is 1. The maximum Gasteiger partial charge on any atom is 0.152 e. The number of carbonyl (C=O) groups excluding carboxylic acids is 1. The number of aromatic nitrogens is 1. The second kappa shape index (κ2) is 17.6. The maximum absolute atomic E-state index is 10.1. The van der Waals surface area contributed by atoms with Gasteiger partial charge in [-0.3, -0.25) is 4.79 Å². The second-order valence-corrected chi connectivity index (χ2v) is 6.10. The molecule has 1 aromatic heterocycles.